The zero-order valence-electron chi connectivity index (χ0n) is 15.5. The normalized spacial score (nSPS) is 11.2. The molecule has 1 aromatic heterocycles. The zero-order chi connectivity index (χ0) is 19.3. The highest BCUT2D eigenvalue weighted by atomic mass is 16.2. The first kappa shape index (κ1) is 17.7. The summed E-state index contributed by atoms with van der Waals surface area (Å²) in [5, 5.41) is 13.3. The molecule has 5 nitrogen and oxygen atoms in total. The number of hydrogen-bond acceptors (Lipinski definition) is 3. The van der Waals surface area contributed by atoms with E-state index in [2.05, 4.69) is 39.8 Å². The second kappa shape index (κ2) is 7.88. The number of nitrogens with zero attached hydrogens (tertiary/aromatic N) is 2. The van der Waals surface area contributed by atoms with Crippen molar-refractivity contribution < 1.29 is 4.79 Å². The van der Waals surface area contributed by atoms with Crippen LogP contribution in [0.2, 0.25) is 0 Å². The van der Waals surface area contributed by atoms with Gasteiger partial charge in [0.15, 0.2) is 0 Å². The quantitative estimate of drug-likeness (QED) is 0.401. The van der Waals surface area contributed by atoms with Gasteiger partial charge in [-0.15, -0.1) is 0 Å². The first-order valence-corrected chi connectivity index (χ1v) is 9.20. The van der Waals surface area contributed by atoms with Crippen LogP contribution in [-0.4, -0.2) is 22.3 Å². The van der Waals surface area contributed by atoms with Crippen LogP contribution in [-0.2, 0) is 6.42 Å². The van der Waals surface area contributed by atoms with Crippen LogP contribution in [0.25, 0.3) is 22.0 Å². The van der Waals surface area contributed by atoms with Gasteiger partial charge in [-0.25, -0.2) is 5.43 Å². The van der Waals surface area contributed by atoms with Crippen molar-refractivity contribution in [3.8, 4) is 11.3 Å². The average Bonchev–Trinajstić information content (AvgIpc) is 3.24. The largest absolute Gasteiger partial charge is 0.289 e. The van der Waals surface area contributed by atoms with Gasteiger partial charge in [0.2, 0.25) is 0 Å². The van der Waals surface area contributed by atoms with Crippen molar-refractivity contribution in [3.05, 3.63) is 89.6 Å². The molecule has 0 saturated carbocycles. The van der Waals surface area contributed by atoms with Crippen LogP contribution in [0.1, 0.15) is 28.5 Å². The fourth-order valence-electron chi connectivity index (χ4n) is 3.08. The van der Waals surface area contributed by atoms with E-state index in [9.17, 15) is 4.79 Å². The maximum absolute atomic E-state index is 12.3. The van der Waals surface area contributed by atoms with Gasteiger partial charge in [-0.1, -0.05) is 73.7 Å². The highest BCUT2D eigenvalue weighted by Crippen LogP contribution is 2.19. The van der Waals surface area contributed by atoms with Crippen LogP contribution in [0.5, 0.6) is 0 Å². The monoisotopic (exact) mass is 368 g/mol. The molecule has 138 valence electrons. The van der Waals surface area contributed by atoms with Crippen molar-refractivity contribution in [2.24, 2.45) is 5.10 Å². The van der Waals surface area contributed by atoms with Gasteiger partial charge in [0, 0.05) is 11.1 Å². The second-order valence-corrected chi connectivity index (χ2v) is 6.48. The van der Waals surface area contributed by atoms with Crippen LogP contribution in [0.3, 0.4) is 0 Å². The molecule has 2 N–H and O–H groups in total. The molecule has 0 aliphatic carbocycles. The summed E-state index contributed by atoms with van der Waals surface area (Å²) in [6, 6.07) is 23.9. The number of fused-ring (bicyclic) bond motifs is 1. The highest BCUT2D eigenvalue weighted by molar-refractivity contribution is 6.00. The molecule has 4 aromatic rings. The fraction of sp³-hybridized carbons (Fsp3) is 0.0870. The van der Waals surface area contributed by atoms with E-state index < -0.39 is 0 Å². The lowest BCUT2D eigenvalue weighted by molar-refractivity contribution is 0.0950. The molecule has 0 radical (unpaired) electrons. The second-order valence-electron chi connectivity index (χ2n) is 6.48. The lowest BCUT2D eigenvalue weighted by Gasteiger charge is -2.01. The minimum absolute atomic E-state index is 0.333. The Hall–Kier alpha value is -3.73. The van der Waals surface area contributed by atoms with Gasteiger partial charge in [0.25, 0.3) is 5.91 Å². The molecular formula is C23H20N4O. The Balaban J connectivity index is 1.46. The van der Waals surface area contributed by atoms with Gasteiger partial charge in [-0.05, 0) is 28.8 Å². The fourth-order valence-corrected chi connectivity index (χ4v) is 3.08. The highest BCUT2D eigenvalue weighted by Gasteiger charge is 2.10. The van der Waals surface area contributed by atoms with E-state index >= 15 is 0 Å². The molecule has 1 amide bonds. The predicted molar refractivity (Wildman–Crippen MR) is 112 cm³/mol. The van der Waals surface area contributed by atoms with Crippen molar-refractivity contribution in [3.63, 3.8) is 0 Å². The number of rotatable bonds is 5. The summed E-state index contributed by atoms with van der Waals surface area (Å²) >= 11 is 0. The van der Waals surface area contributed by atoms with Gasteiger partial charge < -0.3 is 0 Å². The van der Waals surface area contributed by atoms with Crippen molar-refractivity contribution in [1.29, 1.82) is 0 Å². The third-order valence-electron chi connectivity index (χ3n) is 4.67. The summed E-state index contributed by atoms with van der Waals surface area (Å²) < 4.78 is 0. The number of carbonyl (C=O) groups is 1. The number of aromatic amines is 1. The minimum Gasteiger partial charge on any atom is -0.272 e. The van der Waals surface area contributed by atoms with Crippen molar-refractivity contribution in [2.45, 2.75) is 13.3 Å². The number of aromatic nitrogens is 2. The number of nitrogens with one attached hydrogen (secondary N) is 2. The van der Waals surface area contributed by atoms with Crippen molar-refractivity contribution >= 4 is 22.9 Å². The first-order chi connectivity index (χ1) is 13.7. The topological polar surface area (TPSA) is 70.1 Å². The number of benzene rings is 3. The Kier molecular flexibility index (Phi) is 4.97. The third-order valence-corrected chi connectivity index (χ3v) is 4.67. The van der Waals surface area contributed by atoms with E-state index in [1.807, 2.05) is 54.6 Å². The molecule has 0 fully saturated rings. The summed E-state index contributed by atoms with van der Waals surface area (Å²) in [5.41, 5.74) is 6.82. The molecule has 4 rings (SSSR count). The van der Waals surface area contributed by atoms with Gasteiger partial charge >= 0.3 is 0 Å². The van der Waals surface area contributed by atoms with E-state index in [1.54, 1.807) is 12.3 Å². The molecule has 0 bridgehead atoms. The lowest BCUT2D eigenvalue weighted by atomic mass is 10.1. The number of hydrogen-bond donors (Lipinski definition) is 2. The Morgan fingerprint density at radius 2 is 1.86 bits per heavy atom. The van der Waals surface area contributed by atoms with E-state index in [0.717, 1.165) is 34.0 Å². The SMILES string of the molecule is CCc1ccc(-c2cc(C(=O)N/N=C\c3cccc4ccccc34)[nH]n2)cc1. The standard InChI is InChI=1S/C23H20N4O/c1-2-16-10-12-18(13-11-16)21-14-22(26-25-21)23(28)27-24-15-19-8-5-7-17-6-3-4-9-20(17)19/h3-15H,2H2,1H3,(H,25,26)(H,27,28)/b24-15-. The zero-order valence-corrected chi connectivity index (χ0v) is 15.5. The van der Waals surface area contributed by atoms with E-state index in [-0.39, 0.29) is 5.91 Å². The summed E-state index contributed by atoms with van der Waals surface area (Å²) in [6.45, 7) is 2.12. The molecule has 0 saturated heterocycles. The van der Waals surface area contributed by atoms with Gasteiger partial charge in [-0.2, -0.15) is 10.2 Å². The summed E-state index contributed by atoms with van der Waals surface area (Å²) in [7, 11) is 0. The number of H-pyrrole nitrogens is 1. The molecule has 0 aliphatic heterocycles. The van der Waals surface area contributed by atoms with Gasteiger partial charge in [0.05, 0.1) is 11.9 Å². The number of carbonyl (C=O) groups excluding carboxylic acids is 1. The lowest BCUT2D eigenvalue weighted by Crippen LogP contribution is -2.18. The Bertz CT molecular complexity index is 1140. The summed E-state index contributed by atoms with van der Waals surface area (Å²) in [6.07, 6.45) is 2.64. The minimum atomic E-state index is -0.333. The van der Waals surface area contributed by atoms with Crippen LogP contribution in [0, 0.1) is 0 Å². The average molecular weight is 368 g/mol. The van der Waals surface area contributed by atoms with Gasteiger partial charge in [0.1, 0.15) is 5.69 Å². The summed E-state index contributed by atoms with van der Waals surface area (Å²) in [5.74, 6) is -0.333. The number of hydrazone groups is 1. The maximum atomic E-state index is 12.3. The molecular weight excluding hydrogens is 348 g/mol. The molecule has 0 atom stereocenters. The molecule has 0 spiro atoms. The number of aryl methyl sites for hydroxylation is 1. The summed E-state index contributed by atoms with van der Waals surface area (Å²) in [4.78, 5) is 12.3. The smallest absolute Gasteiger partial charge is 0.272 e. The molecule has 1 heterocycles. The van der Waals surface area contributed by atoms with Crippen LogP contribution >= 0.6 is 0 Å². The van der Waals surface area contributed by atoms with Crippen molar-refractivity contribution in [1.82, 2.24) is 15.6 Å². The Morgan fingerprint density at radius 3 is 2.68 bits per heavy atom. The van der Waals surface area contributed by atoms with E-state index in [0.29, 0.717) is 5.69 Å². The molecule has 0 unspecified atom stereocenters. The van der Waals surface area contributed by atoms with E-state index in [1.165, 1.54) is 5.56 Å². The van der Waals surface area contributed by atoms with Gasteiger partial charge in [-0.3, -0.25) is 9.89 Å². The van der Waals surface area contributed by atoms with Crippen molar-refractivity contribution in [2.75, 3.05) is 0 Å². The van der Waals surface area contributed by atoms with Crippen LogP contribution in [0.15, 0.2) is 77.9 Å². The molecule has 3 aromatic carbocycles. The van der Waals surface area contributed by atoms with Crippen LogP contribution < -0.4 is 5.43 Å². The Labute approximate surface area is 163 Å². The molecule has 28 heavy (non-hydrogen) atoms. The van der Waals surface area contributed by atoms with Crippen LogP contribution in [0.4, 0.5) is 0 Å². The number of amides is 1. The predicted octanol–water partition coefficient (Wildman–Crippen LogP) is 4.56. The molecule has 0 aliphatic rings. The van der Waals surface area contributed by atoms with E-state index in [4.69, 9.17) is 0 Å². The Morgan fingerprint density at radius 1 is 1.07 bits per heavy atom. The first-order valence-electron chi connectivity index (χ1n) is 9.20. The maximum Gasteiger partial charge on any atom is 0.289 e. The molecule has 5 heteroatoms. The third kappa shape index (κ3) is 3.69.